The quantitative estimate of drug-likeness (QED) is 0.215. The van der Waals surface area contributed by atoms with Crippen LogP contribution in [0.1, 0.15) is 27.0 Å². The largest absolute Gasteiger partial charge is 0.497 e. The summed E-state index contributed by atoms with van der Waals surface area (Å²) in [6, 6.07) is 17.1. The number of alkyl halides is 3. The van der Waals surface area contributed by atoms with E-state index in [1.54, 1.807) is 36.4 Å². The maximum absolute atomic E-state index is 13.4. The molecule has 1 aromatic heterocycles. The summed E-state index contributed by atoms with van der Waals surface area (Å²) in [5.74, 6) is -0.973. The molecule has 0 saturated heterocycles. The zero-order valence-electron chi connectivity index (χ0n) is 21.6. The lowest BCUT2D eigenvalue weighted by Crippen LogP contribution is -2.38. The average molecular weight is 566 g/mol. The molecule has 3 N–H and O–H groups in total. The maximum atomic E-state index is 13.4. The Labute approximate surface area is 232 Å². The fourth-order valence-corrected chi connectivity index (χ4v) is 4.34. The van der Waals surface area contributed by atoms with Crippen molar-refractivity contribution in [1.82, 2.24) is 9.88 Å². The lowest BCUT2D eigenvalue weighted by Gasteiger charge is -2.30. The molecule has 0 radical (unpaired) electrons. The van der Waals surface area contributed by atoms with E-state index in [1.165, 1.54) is 12.1 Å². The fraction of sp³-hybridized carbons (Fsp3) is 0.138. The highest BCUT2D eigenvalue weighted by Crippen LogP contribution is 2.34. The summed E-state index contributed by atoms with van der Waals surface area (Å²) in [6.07, 6.45) is -3.34. The van der Waals surface area contributed by atoms with Crippen molar-refractivity contribution in [2.45, 2.75) is 19.3 Å². The van der Waals surface area contributed by atoms with Crippen LogP contribution >= 0.6 is 0 Å². The van der Waals surface area contributed by atoms with Gasteiger partial charge in [-0.15, -0.1) is 0 Å². The number of benzene rings is 3. The summed E-state index contributed by atoms with van der Waals surface area (Å²) in [7, 11) is 1.58. The number of nitrogens with one attached hydrogen (secondary N) is 3. The summed E-state index contributed by atoms with van der Waals surface area (Å²) < 4.78 is 58.5. The number of pyridine rings is 1. The van der Waals surface area contributed by atoms with Crippen molar-refractivity contribution < 1.29 is 31.9 Å². The molecule has 41 heavy (non-hydrogen) atoms. The van der Waals surface area contributed by atoms with E-state index in [2.05, 4.69) is 20.9 Å². The highest BCUT2D eigenvalue weighted by molar-refractivity contribution is 6.05. The number of methoxy groups -OCH3 is 1. The van der Waals surface area contributed by atoms with Crippen LogP contribution in [0.3, 0.4) is 0 Å². The van der Waals surface area contributed by atoms with Gasteiger partial charge in [-0.25, -0.2) is 14.2 Å². The third-order valence-corrected chi connectivity index (χ3v) is 6.40. The van der Waals surface area contributed by atoms with E-state index >= 15 is 0 Å². The van der Waals surface area contributed by atoms with Crippen LogP contribution in [0.5, 0.6) is 5.75 Å². The second kappa shape index (κ2) is 11.2. The molecule has 0 atom stereocenters. The van der Waals surface area contributed by atoms with Gasteiger partial charge in [-0.2, -0.15) is 13.2 Å². The van der Waals surface area contributed by atoms with E-state index in [0.29, 0.717) is 29.5 Å². The number of hydrogen-bond acceptors (Lipinski definition) is 5. The number of carbonyl (C=O) groups excluding carboxylic acids is 2. The van der Waals surface area contributed by atoms with Crippen molar-refractivity contribution in [2.75, 3.05) is 23.1 Å². The van der Waals surface area contributed by atoms with E-state index < -0.39 is 29.0 Å². The van der Waals surface area contributed by atoms with Gasteiger partial charge >= 0.3 is 12.2 Å². The summed E-state index contributed by atoms with van der Waals surface area (Å²) in [5.41, 5.74) is 1.18. The molecule has 0 unspecified atom stereocenters. The second-order valence-corrected chi connectivity index (χ2v) is 9.16. The molecule has 0 aliphatic carbocycles. The standard InChI is InChI=1S/C29H23F4N5O3/c1-41-21-9-2-17(3-10-21)15-38-16-23-25(12-13-34-26(23)37-28(38)40)35-19-5-7-20(8-6-19)36-27(39)22-11-4-18(30)14-24(22)29(31,32)33/h2-14H,15-16H2,1H3,(H,36,39)(H2,34,35,37,40). The first-order valence-electron chi connectivity index (χ1n) is 12.3. The van der Waals surface area contributed by atoms with Crippen LogP contribution in [0.15, 0.2) is 79.0 Å². The van der Waals surface area contributed by atoms with Crippen LogP contribution in [0.25, 0.3) is 0 Å². The number of rotatable bonds is 7. The van der Waals surface area contributed by atoms with Gasteiger partial charge in [0, 0.05) is 35.4 Å². The van der Waals surface area contributed by atoms with Crippen molar-refractivity contribution >= 4 is 34.8 Å². The first-order valence-corrected chi connectivity index (χ1v) is 12.3. The smallest absolute Gasteiger partial charge is 0.417 e. The Morgan fingerprint density at radius 2 is 1.73 bits per heavy atom. The van der Waals surface area contributed by atoms with Crippen molar-refractivity contribution in [3.63, 3.8) is 0 Å². The van der Waals surface area contributed by atoms with Gasteiger partial charge in [0.05, 0.1) is 24.8 Å². The zero-order valence-corrected chi connectivity index (χ0v) is 21.6. The summed E-state index contributed by atoms with van der Waals surface area (Å²) in [6.45, 7) is 0.652. The van der Waals surface area contributed by atoms with Gasteiger partial charge in [0.25, 0.3) is 5.91 Å². The van der Waals surface area contributed by atoms with Gasteiger partial charge in [-0.1, -0.05) is 12.1 Å². The Morgan fingerprint density at radius 1 is 1.02 bits per heavy atom. The van der Waals surface area contributed by atoms with E-state index in [0.717, 1.165) is 23.3 Å². The van der Waals surface area contributed by atoms with Crippen LogP contribution in [-0.2, 0) is 19.3 Å². The molecule has 0 spiro atoms. The highest BCUT2D eigenvalue weighted by atomic mass is 19.4. The molecule has 3 amide bonds. The van der Waals surface area contributed by atoms with Gasteiger partial charge in [-0.3, -0.25) is 10.1 Å². The Hall–Kier alpha value is -5.13. The molecule has 210 valence electrons. The zero-order chi connectivity index (χ0) is 29.1. The van der Waals surface area contributed by atoms with E-state index in [1.807, 2.05) is 24.3 Å². The number of amides is 3. The predicted octanol–water partition coefficient (Wildman–Crippen LogP) is 6.79. The minimum absolute atomic E-state index is 0.243. The number of nitrogens with zero attached hydrogens (tertiary/aromatic N) is 2. The van der Waals surface area contributed by atoms with Gasteiger partial charge < -0.3 is 20.3 Å². The molecule has 1 aliphatic rings. The molecule has 2 heterocycles. The monoisotopic (exact) mass is 565 g/mol. The Morgan fingerprint density at radius 3 is 2.41 bits per heavy atom. The molecule has 4 aromatic rings. The Balaban J connectivity index is 1.29. The highest BCUT2D eigenvalue weighted by Gasteiger charge is 2.35. The lowest BCUT2D eigenvalue weighted by atomic mass is 10.1. The summed E-state index contributed by atoms with van der Waals surface area (Å²) >= 11 is 0. The summed E-state index contributed by atoms with van der Waals surface area (Å²) in [4.78, 5) is 31.2. The third kappa shape index (κ3) is 6.21. The number of carbonyl (C=O) groups is 2. The Kier molecular flexibility index (Phi) is 7.47. The Bertz CT molecular complexity index is 1590. The van der Waals surface area contributed by atoms with Crippen LogP contribution in [0.2, 0.25) is 0 Å². The number of ether oxygens (including phenoxy) is 1. The van der Waals surface area contributed by atoms with Crippen molar-refractivity contribution in [3.8, 4) is 5.75 Å². The van der Waals surface area contributed by atoms with Crippen LogP contribution < -0.4 is 20.7 Å². The molecule has 3 aromatic carbocycles. The SMILES string of the molecule is COc1ccc(CN2Cc3c(Nc4ccc(NC(=O)c5ccc(F)cc5C(F)(F)F)cc4)ccnc3NC2=O)cc1. The first-order chi connectivity index (χ1) is 19.6. The van der Waals surface area contributed by atoms with E-state index in [9.17, 15) is 27.2 Å². The number of halogens is 4. The van der Waals surface area contributed by atoms with Crippen LogP contribution in [0.4, 0.5) is 45.2 Å². The maximum Gasteiger partial charge on any atom is 0.417 e. The van der Waals surface area contributed by atoms with Crippen molar-refractivity contribution in [2.24, 2.45) is 0 Å². The first kappa shape index (κ1) is 27.4. The van der Waals surface area contributed by atoms with Gasteiger partial charge in [-0.05, 0) is 66.2 Å². The molecule has 0 saturated carbocycles. The number of anilines is 4. The normalized spacial score (nSPS) is 12.8. The van der Waals surface area contributed by atoms with Crippen molar-refractivity contribution in [3.05, 3.63) is 107 Å². The number of aromatic nitrogens is 1. The van der Waals surface area contributed by atoms with E-state index in [-0.39, 0.29) is 24.3 Å². The summed E-state index contributed by atoms with van der Waals surface area (Å²) in [5, 5.41) is 8.47. The topological polar surface area (TPSA) is 95.6 Å². The van der Waals surface area contributed by atoms with Crippen LogP contribution in [0, 0.1) is 5.82 Å². The number of hydrogen-bond donors (Lipinski definition) is 3. The number of fused-ring (bicyclic) bond motifs is 1. The van der Waals surface area contributed by atoms with Gasteiger partial charge in [0.2, 0.25) is 0 Å². The fourth-order valence-electron chi connectivity index (χ4n) is 4.34. The molecule has 0 fully saturated rings. The minimum Gasteiger partial charge on any atom is -0.497 e. The molecule has 12 heteroatoms. The molecular formula is C29H23F4N5O3. The van der Waals surface area contributed by atoms with Crippen molar-refractivity contribution in [1.29, 1.82) is 0 Å². The molecule has 0 bridgehead atoms. The number of urea groups is 1. The molecule has 5 rings (SSSR count). The van der Waals surface area contributed by atoms with Gasteiger partial charge in [0.1, 0.15) is 17.4 Å². The molecular weight excluding hydrogens is 542 g/mol. The third-order valence-electron chi connectivity index (χ3n) is 6.40. The average Bonchev–Trinajstić information content (AvgIpc) is 2.94. The minimum atomic E-state index is -4.89. The van der Waals surface area contributed by atoms with Crippen LogP contribution in [-0.4, -0.2) is 28.9 Å². The predicted molar refractivity (Wildman–Crippen MR) is 145 cm³/mol. The van der Waals surface area contributed by atoms with E-state index in [4.69, 9.17) is 4.74 Å². The molecule has 8 nitrogen and oxygen atoms in total. The lowest BCUT2D eigenvalue weighted by molar-refractivity contribution is -0.138. The second-order valence-electron chi connectivity index (χ2n) is 9.16. The molecule has 1 aliphatic heterocycles. The van der Waals surface area contributed by atoms with Gasteiger partial charge in [0.15, 0.2) is 0 Å².